The lowest BCUT2D eigenvalue weighted by molar-refractivity contribution is 0.0447. The minimum absolute atomic E-state index is 0.821. The van der Waals surface area contributed by atoms with Crippen LogP contribution < -0.4 is 5.32 Å². The summed E-state index contributed by atoms with van der Waals surface area (Å²) in [6, 6.07) is 1.66. The quantitative estimate of drug-likeness (QED) is 0.778. The third-order valence-electron chi connectivity index (χ3n) is 4.98. The molecule has 2 fully saturated rings. The fourth-order valence-electron chi connectivity index (χ4n) is 3.20. The number of hydrogen-bond donors (Lipinski definition) is 1. The maximum atomic E-state index is 3.38. The number of nitrogens with zero attached hydrogens (tertiary/aromatic N) is 2. The van der Waals surface area contributed by atoms with E-state index in [1.807, 2.05) is 0 Å². The lowest BCUT2D eigenvalue weighted by Gasteiger charge is -2.45. The van der Waals surface area contributed by atoms with E-state index in [1.165, 1.54) is 58.5 Å². The normalized spacial score (nSPS) is 26.8. The van der Waals surface area contributed by atoms with E-state index in [9.17, 15) is 0 Å². The monoisotopic (exact) mass is 253 g/mol. The Morgan fingerprint density at radius 3 is 2.17 bits per heavy atom. The predicted molar refractivity (Wildman–Crippen MR) is 78.0 cm³/mol. The molecule has 0 spiro atoms. The SMILES string of the molecule is CCC(C)CC(CC)N1CCN(C2CNC2)CC1. The van der Waals surface area contributed by atoms with E-state index in [0.717, 1.165) is 18.0 Å². The summed E-state index contributed by atoms with van der Waals surface area (Å²) in [6.45, 7) is 14.6. The zero-order valence-corrected chi connectivity index (χ0v) is 12.5. The van der Waals surface area contributed by atoms with Gasteiger partial charge in [-0.05, 0) is 18.8 Å². The van der Waals surface area contributed by atoms with E-state index in [1.54, 1.807) is 0 Å². The average molecular weight is 253 g/mol. The Labute approximate surface area is 113 Å². The third kappa shape index (κ3) is 3.46. The Kier molecular flexibility index (Phi) is 5.46. The summed E-state index contributed by atoms with van der Waals surface area (Å²) < 4.78 is 0. The Bertz CT molecular complexity index is 232. The van der Waals surface area contributed by atoms with Crippen molar-refractivity contribution in [1.82, 2.24) is 15.1 Å². The van der Waals surface area contributed by atoms with Crippen LogP contribution in [0.15, 0.2) is 0 Å². The van der Waals surface area contributed by atoms with E-state index in [-0.39, 0.29) is 0 Å². The van der Waals surface area contributed by atoms with Crippen molar-refractivity contribution in [3.63, 3.8) is 0 Å². The van der Waals surface area contributed by atoms with Crippen LogP contribution in [0.5, 0.6) is 0 Å². The van der Waals surface area contributed by atoms with E-state index < -0.39 is 0 Å². The van der Waals surface area contributed by atoms with Crippen LogP contribution in [0, 0.1) is 5.92 Å². The van der Waals surface area contributed by atoms with Crippen LogP contribution in [0.25, 0.3) is 0 Å². The second kappa shape index (κ2) is 6.88. The second-order valence-electron chi connectivity index (χ2n) is 6.20. The second-order valence-corrected chi connectivity index (χ2v) is 6.20. The van der Waals surface area contributed by atoms with Gasteiger partial charge in [-0.3, -0.25) is 9.80 Å². The highest BCUT2D eigenvalue weighted by atomic mass is 15.3. The molecule has 3 nitrogen and oxygen atoms in total. The van der Waals surface area contributed by atoms with Gasteiger partial charge in [0.15, 0.2) is 0 Å². The van der Waals surface area contributed by atoms with Gasteiger partial charge in [-0.25, -0.2) is 0 Å². The summed E-state index contributed by atoms with van der Waals surface area (Å²) >= 11 is 0. The van der Waals surface area contributed by atoms with Gasteiger partial charge in [0.05, 0.1) is 0 Å². The molecule has 3 heteroatoms. The smallest absolute Gasteiger partial charge is 0.0346 e. The topological polar surface area (TPSA) is 18.5 Å². The number of hydrogen-bond acceptors (Lipinski definition) is 3. The van der Waals surface area contributed by atoms with Crippen LogP contribution in [0.2, 0.25) is 0 Å². The molecular formula is C15H31N3. The first-order valence-electron chi connectivity index (χ1n) is 7.93. The minimum atomic E-state index is 0.821. The van der Waals surface area contributed by atoms with E-state index in [0.29, 0.717) is 0 Å². The molecule has 0 aromatic rings. The Hall–Kier alpha value is -0.120. The van der Waals surface area contributed by atoms with Crippen molar-refractivity contribution >= 4 is 0 Å². The first-order valence-corrected chi connectivity index (χ1v) is 7.93. The highest BCUT2D eigenvalue weighted by Crippen LogP contribution is 2.20. The molecule has 2 rings (SSSR count). The molecule has 2 aliphatic rings. The first-order chi connectivity index (χ1) is 8.74. The van der Waals surface area contributed by atoms with Gasteiger partial charge in [-0.15, -0.1) is 0 Å². The molecule has 0 aromatic heterocycles. The van der Waals surface area contributed by atoms with Crippen molar-refractivity contribution in [1.29, 1.82) is 0 Å². The van der Waals surface area contributed by atoms with Gasteiger partial charge in [0, 0.05) is 51.4 Å². The average Bonchev–Trinajstić information content (AvgIpc) is 2.34. The van der Waals surface area contributed by atoms with E-state index in [2.05, 4.69) is 35.9 Å². The van der Waals surface area contributed by atoms with Crippen molar-refractivity contribution < 1.29 is 0 Å². The molecule has 2 saturated heterocycles. The molecule has 0 aliphatic carbocycles. The summed E-state index contributed by atoms with van der Waals surface area (Å²) in [6.07, 6.45) is 4.03. The first kappa shape index (κ1) is 14.3. The summed E-state index contributed by atoms with van der Waals surface area (Å²) in [5, 5.41) is 3.38. The van der Waals surface area contributed by atoms with Gasteiger partial charge in [0.2, 0.25) is 0 Å². The molecule has 1 N–H and O–H groups in total. The minimum Gasteiger partial charge on any atom is -0.314 e. The van der Waals surface area contributed by atoms with Crippen LogP contribution in [0.3, 0.4) is 0 Å². The van der Waals surface area contributed by atoms with Crippen LogP contribution in [-0.4, -0.2) is 61.2 Å². The molecule has 0 amide bonds. The van der Waals surface area contributed by atoms with Crippen molar-refractivity contribution in [2.45, 2.75) is 52.1 Å². The molecule has 2 atom stereocenters. The molecule has 2 heterocycles. The maximum absolute atomic E-state index is 3.38. The van der Waals surface area contributed by atoms with Crippen LogP contribution >= 0.6 is 0 Å². The van der Waals surface area contributed by atoms with Gasteiger partial charge in [0.25, 0.3) is 0 Å². The Morgan fingerprint density at radius 1 is 1.06 bits per heavy atom. The fourth-order valence-corrected chi connectivity index (χ4v) is 3.20. The predicted octanol–water partition coefficient (Wildman–Crippen LogP) is 1.79. The number of piperazine rings is 1. The van der Waals surface area contributed by atoms with Gasteiger partial charge in [-0.1, -0.05) is 27.2 Å². The van der Waals surface area contributed by atoms with Crippen LogP contribution in [0.4, 0.5) is 0 Å². The molecule has 0 radical (unpaired) electrons. The van der Waals surface area contributed by atoms with Crippen LogP contribution in [0.1, 0.15) is 40.0 Å². The zero-order valence-electron chi connectivity index (χ0n) is 12.5. The standard InChI is InChI=1S/C15H31N3/c1-4-13(3)10-14(5-2)17-6-8-18(9-7-17)15-11-16-12-15/h13-16H,4-12H2,1-3H3. The summed E-state index contributed by atoms with van der Waals surface area (Å²) in [5.41, 5.74) is 0. The van der Waals surface area contributed by atoms with Crippen molar-refractivity contribution in [3.8, 4) is 0 Å². The molecular weight excluding hydrogens is 222 g/mol. The Morgan fingerprint density at radius 2 is 1.72 bits per heavy atom. The molecule has 2 aliphatic heterocycles. The summed E-state index contributed by atoms with van der Waals surface area (Å²) in [7, 11) is 0. The van der Waals surface area contributed by atoms with Crippen LogP contribution in [-0.2, 0) is 0 Å². The third-order valence-corrected chi connectivity index (χ3v) is 4.98. The van der Waals surface area contributed by atoms with Gasteiger partial charge in [-0.2, -0.15) is 0 Å². The lowest BCUT2D eigenvalue weighted by Crippen LogP contribution is -2.62. The molecule has 0 saturated carbocycles. The zero-order chi connectivity index (χ0) is 13.0. The Balaban J connectivity index is 1.75. The van der Waals surface area contributed by atoms with E-state index >= 15 is 0 Å². The molecule has 18 heavy (non-hydrogen) atoms. The highest BCUT2D eigenvalue weighted by Gasteiger charge is 2.29. The van der Waals surface area contributed by atoms with Crippen molar-refractivity contribution in [3.05, 3.63) is 0 Å². The lowest BCUT2D eigenvalue weighted by atomic mass is 9.96. The van der Waals surface area contributed by atoms with Gasteiger partial charge >= 0.3 is 0 Å². The molecule has 2 unspecified atom stereocenters. The van der Waals surface area contributed by atoms with Crippen molar-refractivity contribution in [2.24, 2.45) is 5.92 Å². The fraction of sp³-hybridized carbons (Fsp3) is 1.00. The summed E-state index contributed by atoms with van der Waals surface area (Å²) in [4.78, 5) is 5.43. The molecule has 0 aromatic carbocycles. The van der Waals surface area contributed by atoms with Gasteiger partial charge < -0.3 is 5.32 Å². The highest BCUT2D eigenvalue weighted by molar-refractivity contribution is 4.88. The van der Waals surface area contributed by atoms with Gasteiger partial charge in [0.1, 0.15) is 0 Å². The molecule has 106 valence electrons. The van der Waals surface area contributed by atoms with E-state index in [4.69, 9.17) is 0 Å². The summed E-state index contributed by atoms with van der Waals surface area (Å²) in [5.74, 6) is 0.879. The molecule has 0 bridgehead atoms. The largest absolute Gasteiger partial charge is 0.314 e. The maximum Gasteiger partial charge on any atom is 0.0346 e. The van der Waals surface area contributed by atoms with Crippen molar-refractivity contribution in [2.75, 3.05) is 39.3 Å². The number of nitrogens with one attached hydrogen (secondary N) is 1. The number of rotatable bonds is 6.